The smallest absolute Gasteiger partial charge is 0.257 e. The molecule has 2 rings (SSSR count). The molecule has 2 N–H and O–H groups in total. The molecular formula is C14H20ClN3O2. The van der Waals surface area contributed by atoms with E-state index in [1.165, 1.54) is 6.20 Å². The van der Waals surface area contributed by atoms with Crippen molar-refractivity contribution in [1.29, 1.82) is 0 Å². The molecule has 6 heteroatoms. The summed E-state index contributed by atoms with van der Waals surface area (Å²) in [5, 5.41) is 0.173. The number of pyridine rings is 1. The third-order valence-electron chi connectivity index (χ3n) is 3.07. The second kappa shape index (κ2) is 4.90. The summed E-state index contributed by atoms with van der Waals surface area (Å²) in [5.41, 5.74) is 5.63. The van der Waals surface area contributed by atoms with E-state index in [1.54, 1.807) is 11.0 Å². The summed E-state index contributed by atoms with van der Waals surface area (Å²) < 4.78 is 5.96. The number of morpholine rings is 1. The molecule has 1 aliphatic heterocycles. The SMILES string of the molecule is CC1(C)CN(C(=O)c2cc(N)cnc2Cl)CC(C)(C)O1. The van der Waals surface area contributed by atoms with Crippen LogP contribution in [-0.2, 0) is 4.74 Å². The van der Waals surface area contributed by atoms with Crippen molar-refractivity contribution in [1.82, 2.24) is 9.88 Å². The molecule has 0 aliphatic carbocycles. The van der Waals surface area contributed by atoms with Crippen LogP contribution in [0.1, 0.15) is 38.1 Å². The van der Waals surface area contributed by atoms with Crippen LogP contribution < -0.4 is 5.73 Å². The van der Waals surface area contributed by atoms with E-state index in [1.807, 2.05) is 27.7 Å². The number of rotatable bonds is 1. The van der Waals surface area contributed by atoms with E-state index in [0.717, 1.165) is 0 Å². The van der Waals surface area contributed by atoms with E-state index in [2.05, 4.69) is 4.98 Å². The fourth-order valence-corrected chi connectivity index (χ4v) is 2.90. The number of hydrogen-bond acceptors (Lipinski definition) is 4. The van der Waals surface area contributed by atoms with Gasteiger partial charge in [-0.2, -0.15) is 0 Å². The molecule has 1 amide bonds. The predicted octanol–water partition coefficient (Wildman–Crippen LogP) is 2.35. The van der Waals surface area contributed by atoms with Crippen LogP contribution in [0, 0.1) is 0 Å². The number of carbonyl (C=O) groups is 1. The fourth-order valence-electron chi connectivity index (χ4n) is 2.72. The van der Waals surface area contributed by atoms with Crippen molar-refractivity contribution in [2.45, 2.75) is 38.9 Å². The Morgan fingerprint density at radius 1 is 1.35 bits per heavy atom. The zero-order valence-electron chi connectivity index (χ0n) is 12.2. The molecule has 2 heterocycles. The van der Waals surface area contributed by atoms with Crippen LogP contribution in [-0.4, -0.2) is 40.1 Å². The molecule has 1 aromatic heterocycles. The second-order valence-electron chi connectivity index (χ2n) is 6.39. The van der Waals surface area contributed by atoms with Gasteiger partial charge in [-0.05, 0) is 33.8 Å². The maximum Gasteiger partial charge on any atom is 0.257 e. The minimum Gasteiger partial charge on any atom is -0.397 e. The van der Waals surface area contributed by atoms with Crippen LogP contribution in [0.25, 0.3) is 0 Å². The molecule has 5 nitrogen and oxygen atoms in total. The lowest BCUT2D eigenvalue weighted by Gasteiger charge is -2.47. The van der Waals surface area contributed by atoms with Gasteiger partial charge >= 0.3 is 0 Å². The van der Waals surface area contributed by atoms with Crippen LogP contribution in [0.15, 0.2) is 12.3 Å². The van der Waals surface area contributed by atoms with Crippen molar-refractivity contribution >= 4 is 23.2 Å². The quantitative estimate of drug-likeness (QED) is 0.808. The van der Waals surface area contributed by atoms with Crippen LogP contribution in [0.3, 0.4) is 0 Å². The number of nitrogens with two attached hydrogens (primary N) is 1. The molecule has 1 aliphatic rings. The summed E-state index contributed by atoms with van der Waals surface area (Å²) in [6.07, 6.45) is 1.44. The van der Waals surface area contributed by atoms with Gasteiger partial charge in [-0.25, -0.2) is 4.98 Å². The van der Waals surface area contributed by atoms with E-state index in [-0.39, 0.29) is 11.1 Å². The van der Waals surface area contributed by atoms with E-state index in [4.69, 9.17) is 22.1 Å². The summed E-state index contributed by atoms with van der Waals surface area (Å²) in [6.45, 7) is 8.86. The largest absolute Gasteiger partial charge is 0.397 e. The highest BCUT2D eigenvalue weighted by atomic mass is 35.5. The summed E-state index contributed by atoms with van der Waals surface area (Å²) in [4.78, 5) is 18.3. The summed E-state index contributed by atoms with van der Waals surface area (Å²) >= 11 is 6.01. The highest BCUT2D eigenvalue weighted by molar-refractivity contribution is 6.32. The van der Waals surface area contributed by atoms with E-state index < -0.39 is 11.2 Å². The number of amides is 1. The van der Waals surface area contributed by atoms with Crippen LogP contribution in [0.5, 0.6) is 0 Å². The number of anilines is 1. The van der Waals surface area contributed by atoms with Crippen molar-refractivity contribution in [3.05, 3.63) is 23.0 Å². The van der Waals surface area contributed by atoms with Gasteiger partial charge in [-0.1, -0.05) is 11.6 Å². The zero-order valence-corrected chi connectivity index (χ0v) is 13.0. The molecular weight excluding hydrogens is 278 g/mol. The zero-order chi connectivity index (χ0) is 15.1. The van der Waals surface area contributed by atoms with Crippen molar-refractivity contribution in [2.24, 2.45) is 0 Å². The Bertz CT molecular complexity index is 527. The first kappa shape index (κ1) is 15.1. The van der Waals surface area contributed by atoms with Gasteiger partial charge in [-0.3, -0.25) is 4.79 Å². The van der Waals surface area contributed by atoms with Crippen molar-refractivity contribution in [3.8, 4) is 0 Å². The van der Waals surface area contributed by atoms with Gasteiger partial charge in [0.05, 0.1) is 28.6 Å². The number of carbonyl (C=O) groups excluding carboxylic acids is 1. The second-order valence-corrected chi connectivity index (χ2v) is 6.75. The highest BCUT2D eigenvalue weighted by Gasteiger charge is 2.40. The molecule has 0 unspecified atom stereocenters. The van der Waals surface area contributed by atoms with E-state index in [9.17, 15) is 4.79 Å². The topological polar surface area (TPSA) is 68.5 Å². The van der Waals surface area contributed by atoms with Crippen LogP contribution in [0.2, 0.25) is 5.15 Å². The molecule has 0 aromatic carbocycles. The Morgan fingerprint density at radius 2 is 1.90 bits per heavy atom. The average Bonchev–Trinajstić information content (AvgIpc) is 2.27. The summed E-state index contributed by atoms with van der Waals surface area (Å²) in [5.74, 6) is -0.167. The highest BCUT2D eigenvalue weighted by Crippen LogP contribution is 2.30. The predicted molar refractivity (Wildman–Crippen MR) is 78.8 cm³/mol. The molecule has 1 saturated heterocycles. The van der Waals surface area contributed by atoms with E-state index in [0.29, 0.717) is 24.3 Å². The van der Waals surface area contributed by atoms with Gasteiger partial charge in [0, 0.05) is 13.1 Å². The molecule has 110 valence electrons. The average molecular weight is 298 g/mol. The summed E-state index contributed by atoms with van der Waals surface area (Å²) in [7, 11) is 0. The third-order valence-corrected chi connectivity index (χ3v) is 3.37. The van der Waals surface area contributed by atoms with Gasteiger partial charge in [0.15, 0.2) is 0 Å². The molecule has 0 atom stereocenters. The van der Waals surface area contributed by atoms with Crippen molar-refractivity contribution in [3.63, 3.8) is 0 Å². The Hall–Kier alpha value is -1.33. The van der Waals surface area contributed by atoms with Gasteiger partial charge < -0.3 is 15.4 Å². The Balaban J connectivity index is 2.31. The molecule has 0 saturated carbocycles. The van der Waals surface area contributed by atoms with Crippen LogP contribution in [0.4, 0.5) is 5.69 Å². The maximum atomic E-state index is 12.6. The molecule has 0 bridgehead atoms. The standard InChI is InChI=1S/C14H20ClN3O2/c1-13(2)7-18(8-14(3,4)20-13)12(19)10-5-9(16)6-17-11(10)15/h5-6H,7-8,16H2,1-4H3. The lowest BCUT2D eigenvalue weighted by Crippen LogP contribution is -2.58. The first-order valence-corrected chi connectivity index (χ1v) is 6.88. The van der Waals surface area contributed by atoms with Crippen molar-refractivity contribution < 1.29 is 9.53 Å². The summed E-state index contributed by atoms with van der Waals surface area (Å²) in [6, 6.07) is 1.56. The normalized spacial score (nSPS) is 20.8. The number of nitrogens with zero attached hydrogens (tertiary/aromatic N) is 2. The first-order chi connectivity index (χ1) is 9.10. The van der Waals surface area contributed by atoms with Gasteiger partial charge in [0.1, 0.15) is 5.15 Å². The lowest BCUT2D eigenvalue weighted by molar-refractivity contribution is -0.171. The minimum absolute atomic E-state index is 0.167. The molecule has 20 heavy (non-hydrogen) atoms. The minimum atomic E-state index is -0.405. The first-order valence-electron chi connectivity index (χ1n) is 6.50. The Labute approximate surface area is 124 Å². The van der Waals surface area contributed by atoms with E-state index >= 15 is 0 Å². The number of halogens is 1. The van der Waals surface area contributed by atoms with Gasteiger partial charge in [0.2, 0.25) is 0 Å². The maximum absolute atomic E-state index is 12.6. The Morgan fingerprint density at radius 3 is 2.45 bits per heavy atom. The number of hydrogen-bond donors (Lipinski definition) is 1. The number of aromatic nitrogens is 1. The Kier molecular flexibility index (Phi) is 3.69. The van der Waals surface area contributed by atoms with Crippen LogP contribution >= 0.6 is 11.6 Å². The molecule has 0 radical (unpaired) electrons. The van der Waals surface area contributed by atoms with Gasteiger partial charge in [0.25, 0.3) is 5.91 Å². The lowest BCUT2D eigenvalue weighted by atomic mass is 9.98. The monoisotopic (exact) mass is 297 g/mol. The third kappa shape index (κ3) is 3.22. The molecule has 1 aromatic rings. The van der Waals surface area contributed by atoms with Crippen molar-refractivity contribution in [2.75, 3.05) is 18.8 Å². The molecule has 0 spiro atoms. The number of ether oxygens (including phenoxy) is 1. The molecule has 1 fully saturated rings. The number of nitrogen functional groups attached to an aromatic ring is 1. The fraction of sp³-hybridized carbons (Fsp3) is 0.571. The van der Waals surface area contributed by atoms with Gasteiger partial charge in [-0.15, -0.1) is 0 Å².